The number of hydrogen-bond donors (Lipinski definition) is 0. The van der Waals surface area contributed by atoms with Gasteiger partial charge in [0, 0.05) is 0 Å². The summed E-state index contributed by atoms with van der Waals surface area (Å²) in [5.74, 6) is -0.749. The van der Waals surface area contributed by atoms with Crippen molar-refractivity contribution in [3.05, 3.63) is 35.4 Å². The Kier molecular flexibility index (Phi) is 5.13. The molecular weight excluding hydrogens is 340 g/mol. The van der Waals surface area contributed by atoms with E-state index in [1.807, 2.05) is 18.2 Å². The van der Waals surface area contributed by atoms with E-state index in [4.69, 9.17) is 9.47 Å². The molecule has 1 saturated carbocycles. The lowest BCUT2D eigenvalue weighted by molar-refractivity contribution is -0.169. The molecular formula is C23H32O4. The van der Waals surface area contributed by atoms with Crippen molar-refractivity contribution in [3.63, 3.8) is 0 Å². The fourth-order valence-corrected chi connectivity index (χ4v) is 5.69. The van der Waals surface area contributed by atoms with Gasteiger partial charge in [-0.2, -0.15) is 0 Å². The monoisotopic (exact) mass is 372 g/mol. The van der Waals surface area contributed by atoms with Gasteiger partial charge in [0.1, 0.15) is 0 Å². The van der Waals surface area contributed by atoms with E-state index in [2.05, 4.69) is 26.8 Å². The molecule has 2 aliphatic carbocycles. The van der Waals surface area contributed by atoms with E-state index in [0.717, 1.165) is 30.4 Å². The SMILES string of the molecule is CCOC(=O)C1(C(=O)OCC)C[C@@H]2C(C)(C)CCC[C@@]2(C)c2ccccc21. The Hall–Kier alpha value is -1.84. The van der Waals surface area contributed by atoms with Crippen molar-refractivity contribution in [1.29, 1.82) is 0 Å². The summed E-state index contributed by atoms with van der Waals surface area (Å²) in [5.41, 5.74) is 0.487. The van der Waals surface area contributed by atoms with Crippen LogP contribution in [0.15, 0.2) is 24.3 Å². The van der Waals surface area contributed by atoms with Gasteiger partial charge in [-0.15, -0.1) is 0 Å². The van der Waals surface area contributed by atoms with Gasteiger partial charge in [-0.25, -0.2) is 0 Å². The summed E-state index contributed by atoms with van der Waals surface area (Å²) in [7, 11) is 0. The van der Waals surface area contributed by atoms with Crippen molar-refractivity contribution in [2.75, 3.05) is 13.2 Å². The first kappa shape index (κ1) is 19.9. The summed E-state index contributed by atoms with van der Waals surface area (Å²) in [6.07, 6.45) is 3.77. The molecule has 0 amide bonds. The molecule has 0 spiro atoms. The molecule has 1 fully saturated rings. The molecule has 4 heteroatoms. The minimum Gasteiger partial charge on any atom is -0.465 e. The first-order valence-corrected chi connectivity index (χ1v) is 10.2. The minimum absolute atomic E-state index is 0.0325. The van der Waals surface area contributed by atoms with E-state index >= 15 is 0 Å². The number of esters is 2. The summed E-state index contributed by atoms with van der Waals surface area (Å²) in [4.78, 5) is 26.5. The Morgan fingerprint density at radius 1 is 0.963 bits per heavy atom. The molecule has 0 heterocycles. The third-order valence-electron chi connectivity index (χ3n) is 6.99. The summed E-state index contributed by atoms with van der Waals surface area (Å²) < 4.78 is 10.9. The summed E-state index contributed by atoms with van der Waals surface area (Å²) in [6, 6.07) is 7.93. The zero-order valence-electron chi connectivity index (χ0n) is 17.3. The van der Waals surface area contributed by atoms with Gasteiger partial charge in [0.25, 0.3) is 0 Å². The van der Waals surface area contributed by atoms with Crippen LogP contribution in [0.3, 0.4) is 0 Å². The molecule has 4 nitrogen and oxygen atoms in total. The molecule has 27 heavy (non-hydrogen) atoms. The maximum atomic E-state index is 13.3. The number of carbonyl (C=O) groups excluding carboxylic acids is 2. The Balaban J connectivity index is 2.28. The molecule has 0 radical (unpaired) electrons. The number of ether oxygens (including phenoxy) is 2. The van der Waals surface area contributed by atoms with E-state index in [-0.39, 0.29) is 30.0 Å². The predicted molar refractivity (Wildman–Crippen MR) is 104 cm³/mol. The van der Waals surface area contributed by atoms with Gasteiger partial charge < -0.3 is 9.47 Å². The van der Waals surface area contributed by atoms with Crippen LogP contribution in [-0.2, 0) is 29.9 Å². The zero-order valence-corrected chi connectivity index (χ0v) is 17.3. The highest BCUT2D eigenvalue weighted by atomic mass is 16.6. The van der Waals surface area contributed by atoms with E-state index in [1.165, 1.54) is 0 Å². The van der Waals surface area contributed by atoms with E-state index in [0.29, 0.717) is 6.42 Å². The number of rotatable bonds is 4. The van der Waals surface area contributed by atoms with Crippen molar-refractivity contribution in [2.45, 2.75) is 71.1 Å². The Labute approximate surface area is 162 Å². The lowest BCUT2D eigenvalue weighted by Gasteiger charge is -2.57. The van der Waals surface area contributed by atoms with Crippen molar-refractivity contribution in [2.24, 2.45) is 11.3 Å². The van der Waals surface area contributed by atoms with Gasteiger partial charge in [0.05, 0.1) is 13.2 Å². The normalized spacial score (nSPS) is 27.8. The third kappa shape index (κ3) is 2.88. The van der Waals surface area contributed by atoms with Crippen LogP contribution in [0.4, 0.5) is 0 Å². The topological polar surface area (TPSA) is 52.6 Å². The van der Waals surface area contributed by atoms with Crippen LogP contribution in [-0.4, -0.2) is 25.2 Å². The molecule has 2 aliphatic rings. The second-order valence-electron chi connectivity index (χ2n) is 8.91. The largest absolute Gasteiger partial charge is 0.465 e. The molecule has 0 unspecified atom stereocenters. The highest BCUT2D eigenvalue weighted by molar-refractivity contribution is 6.07. The second kappa shape index (κ2) is 6.96. The summed E-state index contributed by atoms with van der Waals surface area (Å²) >= 11 is 0. The first-order valence-electron chi connectivity index (χ1n) is 10.2. The summed E-state index contributed by atoms with van der Waals surface area (Å²) in [5, 5.41) is 0. The third-order valence-corrected chi connectivity index (χ3v) is 6.99. The number of fused-ring (bicyclic) bond motifs is 3. The highest BCUT2D eigenvalue weighted by Crippen LogP contribution is 2.61. The first-order chi connectivity index (χ1) is 12.7. The number of carbonyl (C=O) groups is 2. The molecule has 0 aliphatic heterocycles. The van der Waals surface area contributed by atoms with Crippen molar-refractivity contribution in [1.82, 2.24) is 0 Å². The quantitative estimate of drug-likeness (QED) is 0.575. The number of benzene rings is 1. The van der Waals surface area contributed by atoms with E-state index in [1.54, 1.807) is 13.8 Å². The summed E-state index contributed by atoms with van der Waals surface area (Å²) in [6.45, 7) is 10.9. The molecule has 0 saturated heterocycles. The molecule has 1 aromatic carbocycles. The van der Waals surface area contributed by atoms with Gasteiger partial charge in [0.15, 0.2) is 5.41 Å². The average Bonchev–Trinajstić information content (AvgIpc) is 2.62. The molecule has 1 aromatic rings. The van der Waals surface area contributed by atoms with Crippen molar-refractivity contribution >= 4 is 11.9 Å². The fraction of sp³-hybridized carbons (Fsp3) is 0.652. The lowest BCUT2D eigenvalue weighted by atomic mass is 9.46. The fourth-order valence-electron chi connectivity index (χ4n) is 5.69. The lowest BCUT2D eigenvalue weighted by Crippen LogP contribution is -2.58. The van der Waals surface area contributed by atoms with Crippen LogP contribution in [0.2, 0.25) is 0 Å². The standard InChI is InChI=1S/C23H32O4/c1-6-26-19(24)23(20(25)27-7-2)15-18-21(3,4)13-10-14-22(18,5)16-11-8-9-12-17(16)23/h8-9,11-12,18H,6-7,10,13-15H2,1-5H3/t18-,22+/m1/s1. The minimum atomic E-state index is -1.37. The van der Waals surface area contributed by atoms with Gasteiger partial charge in [-0.05, 0) is 61.0 Å². The molecule has 0 aromatic heterocycles. The van der Waals surface area contributed by atoms with Crippen LogP contribution in [0.1, 0.15) is 71.4 Å². The van der Waals surface area contributed by atoms with Gasteiger partial charge in [0.2, 0.25) is 0 Å². The van der Waals surface area contributed by atoms with Crippen LogP contribution in [0.25, 0.3) is 0 Å². The van der Waals surface area contributed by atoms with Gasteiger partial charge >= 0.3 is 11.9 Å². The highest BCUT2D eigenvalue weighted by Gasteiger charge is 2.62. The number of hydrogen-bond acceptors (Lipinski definition) is 4. The molecule has 0 bridgehead atoms. The van der Waals surface area contributed by atoms with Gasteiger partial charge in [-0.1, -0.05) is 51.5 Å². The Morgan fingerprint density at radius 3 is 2.07 bits per heavy atom. The smallest absolute Gasteiger partial charge is 0.328 e. The molecule has 2 atom stereocenters. The molecule has 148 valence electrons. The Morgan fingerprint density at radius 2 is 1.52 bits per heavy atom. The average molecular weight is 373 g/mol. The van der Waals surface area contributed by atoms with E-state index < -0.39 is 17.4 Å². The molecule has 0 N–H and O–H groups in total. The van der Waals surface area contributed by atoms with Gasteiger partial charge in [-0.3, -0.25) is 9.59 Å². The predicted octanol–water partition coefficient (Wildman–Crippen LogP) is 4.54. The van der Waals surface area contributed by atoms with Crippen LogP contribution in [0.5, 0.6) is 0 Å². The van der Waals surface area contributed by atoms with Crippen LogP contribution < -0.4 is 0 Å². The Bertz CT molecular complexity index is 718. The van der Waals surface area contributed by atoms with Crippen molar-refractivity contribution < 1.29 is 19.1 Å². The maximum absolute atomic E-state index is 13.3. The van der Waals surface area contributed by atoms with Crippen LogP contribution >= 0.6 is 0 Å². The molecule has 3 rings (SSSR count). The second-order valence-corrected chi connectivity index (χ2v) is 8.91. The van der Waals surface area contributed by atoms with E-state index in [9.17, 15) is 9.59 Å². The van der Waals surface area contributed by atoms with Crippen LogP contribution in [0, 0.1) is 11.3 Å². The van der Waals surface area contributed by atoms with Crippen molar-refractivity contribution in [3.8, 4) is 0 Å². The maximum Gasteiger partial charge on any atom is 0.328 e. The zero-order chi connectivity index (χ0) is 19.9.